The smallest absolute Gasteiger partial charge is 0.257 e. The Morgan fingerprint density at radius 3 is 2.55 bits per heavy atom. The van der Waals surface area contributed by atoms with Crippen molar-refractivity contribution in [3.8, 4) is 0 Å². The number of benzene rings is 2. The molecule has 3 aromatic rings. The Hall–Kier alpha value is -3.39. The predicted octanol–water partition coefficient (Wildman–Crippen LogP) is 4.32. The van der Waals surface area contributed by atoms with E-state index >= 15 is 0 Å². The van der Waals surface area contributed by atoms with Crippen LogP contribution < -0.4 is 10.6 Å². The molecule has 1 aliphatic rings. The zero-order valence-corrected chi connectivity index (χ0v) is 17.8. The first-order valence-corrected chi connectivity index (χ1v) is 11.1. The molecule has 0 spiro atoms. The van der Waals surface area contributed by atoms with Gasteiger partial charge in [0.15, 0.2) is 5.16 Å². The summed E-state index contributed by atoms with van der Waals surface area (Å²) in [5.41, 5.74) is 1.56. The first-order valence-electron chi connectivity index (χ1n) is 10.1. The first-order chi connectivity index (χ1) is 15.2. The summed E-state index contributed by atoms with van der Waals surface area (Å²) in [6.45, 7) is 4.42. The van der Waals surface area contributed by atoms with E-state index in [1.165, 1.54) is 11.8 Å². The normalized spacial score (nSPS) is 12.9. The standard InChI is InChI=1S/C23H23N5O2S/c1-2-14-28-21(16-12-13-16)26-27-23(28)31-15-20(29)25-19-11-7-6-10-18(19)22(30)24-17-8-4-3-5-9-17/h2-11,16H,1,12-15H2,(H,24,30)(H,25,29). The fourth-order valence-electron chi connectivity index (χ4n) is 3.18. The molecule has 2 amide bonds. The summed E-state index contributed by atoms with van der Waals surface area (Å²) in [7, 11) is 0. The quantitative estimate of drug-likeness (QED) is 0.387. The van der Waals surface area contributed by atoms with Crippen molar-refractivity contribution in [2.45, 2.75) is 30.5 Å². The molecule has 0 radical (unpaired) electrons. The molecular weight excluding hydrogens is 410 g/mol. The van der Waals surface area contributed by atoms with Crippen LogP contribution in [0.5, 0.6) is 0 Å². The lowest BCUT2D eigenvalue weighted by Crippen LogP contribution is -2.19. The highest BCUT2D eigenvalue weighted by Gasteiger charge is 2.30. The maximum absolute atomic E-state index is 12.7. The lowest BCUT2D eigenvalue weighted by molar-refractivity contribution is -0.113. The van der Waals surface area contributed by atoms with Crippen LogP contribution in [0.4, 0.5) is 11.4 Å². The van der Waals surface area contributed by atoms with Crippen LogP contribution in [0, 0.1) is 0 Å². The molecule has 1 fully saturated rings. The van der Waals surface area contributed by atoms with Crippen molar-refractivity contribution < 1.29 is 9.59 Å². The minimum Gasteiger partial charge on any atom is -0.325 e. The SMILES string of the molecule is C=CCn1c(SCC(=O)Nc2ccccc2C(=O)Nc2ccccc2)nnc1C1CC1. The van der Waals surface area contributed by atoms with Crippen molar-refractivity contribution >= 4 is 35.0 Å². The number of allylic oxidation sites excluding steroid dienone is 1. The molecule has 1 aliphatic carbocycles. The number of nitrogens with one attached hydrogen (secondary N) is 2. The molecule has 0 bridgehead atoms. The number of rotatable bonds is 9. The predicted molar refractivity (Wildman–Crippen MR) is 122 cm³/mol. The van der Waals surface area contributed by atoms with Gasteiger partial charge in [0.1, 0.15) is 5.82 Å². The molecule has 1 saturated carbocycles. The summed E-state index contributed by atoms with van der Waals surface area (Å²) in [4.78, 5) is 25.3. The van der Waals surface area contributed by atoms with Gasteiger partial charge in [0, 0.05) is 18.2 Å². The van der Waals surface area contributed by atoms with Gasteiger partial charge in [-0.05, 0) is 37.1 Å². The van der Waals surface area contributed by atoms with Crippen LogP contribution >= 0.6 is 11.8 Å². The number of anilines is 2. The third-order valence-electron chi connectivity index (χ3n) is 4.81. The van der Waals surface area contributed by atoms with Crippen LogP contribution in [-0.2, 0) is 11.3 Å². The Labute approximate surface area is 185 Å². The van der Waals surface area contributed by atoms with Crippen LogP contribution in [0.15, 0.2) is 72.4 Å². The maximum atomic E-state index is 12.7. The fraction of sp³-hybridized carbons (Fsp3) is 0.217. The Kier molecular flexibility index (Phi) is 6.47. The van der Waals surface area contributed by atoms with Gasteiger partial charge in [0.2, 0.25) is 5.91 Å². The van der Waals surface area contributed by atoms with Crippen LogP contribution in [-0.4, -0.2) is 32.3 Å². The molecule has 4 rings (SSSR count). The van der Waals surface area contributed by atoms with E-state index in [2.05, 4.69) is 27.4 Å². The zero-order valence-electron chi connectivity index (χ0n) is 17.0. The molecule has 2 N–H and O–H groups in total. The van der Waals surface area contributed by atoms with Crippen LogP contribution in [0.1, 0.15) is 34.9 Å². The number of aromatic nitrogens is 3. The third-order valence-corrected chi connectivity index (χ3v) is 5.78. The average Bonchev–Trinajstić information content (AvgIpc) is 3.55. The third kappa shape index (κ3) is 5.21. The number of hydrogen-bond acceptors (Lipinski definition) is 5. The molecule has 7 nitrogen and oxygen atoms in total. The van der Waals surface area contributed by atoms with E-state index in [9.17, 15) is 9.59 Å². The number of carbonyl (C=O) groups excluding carboxylic acids is 2. The van der Waals surface area contributed by atoms with E-state index in [1.54, 1.807) is 30.3 Å². The van der Waals surface area contributed by atoms with E-state index in [4.69, 9.17) is 0 Å². The van der Waals surface area contributed by atoms with Crippen molar-refractivity contribution in [1.29, 1.82) is 0 Å². The molecule has 2 aromatic carbocycles. The Bertz CT molecular complexity index is 1090. The van der Waals surface area contributed by atoms with Crippen molar-refractivity contribution in [2.24, 2.45) is 0 Å². The minimum absolute atomic E-state index is 0.161. The molecule has 8 heteroatoms. The number of amides is 2. The highest BCUT2D eigenvalue weighted by atomic mass is 32.2. The van der Waals surface area contributed by atoms with Crippen LogP contribution in [0.3, 0.4) is 0 Å². The van der Waals surface area contributed by atoms with Gasteiger partial charge < -0.3 is 15.2 Å². The van der Waals surface area contributed by atoms with E-state index in [-0.39, 0.29) is 17.6 Å². The van der Waals surface area contributed by atoms with Gasteiger partial charge in [-0.1, -0.05) is 48.2 Å². The van der Waals surface area contributed by atoms with Gasteiger partial charge in [-0.15, -0.1) is 16.8 Å². The number of para-hydroxylation sites is 2. The Morgan fingerprint density at radius 1 is 1.06 bits per heavy atom. The highest BCUT2D eigenvalue weighted by Crippen LogP contribution is 2.40. The Balaban J connectivity index is 1.40. The summed E-state index contributed by atoms with van der Waals surface area (Å²) < 4.78 is 2.02. The second kappa shape index (κ2) is 9.61. The fourth-order valence-corrected chi connectivity index (χ4v) is 3.93. The number of hydrogen-bond donors (Lipinski definition) is 2. The van der Waals surface area contributed by atoms with E-state index < -0.39 is 0 Å². The first kappa shape index (κ1) is 20.9. The molecule has 0 atom stereocenters. The molecular formula is C23H23N5O2S. The maximum Gasteiger partial charge on any atom is 0.257 e. The lowest BCUT2D eigenvalue weighted by atomic mass is 10.1. The summed E-state index contributed by atoms with van der Waals surface area (Å²) in [6, 6.07) is 16.1. The zero-order chi connectivity index (χ0) is 21.6. The summed E-state index contributed by atoms with van der Waals surface area (Å²) in [6.07, 6.45) is 4.06. The number of carbonyl (C=O) groups is 2. The van der Waals surface area contributed by atoms with Crippen molar-refractivity contribution in [3.63, 3.8) is 0 Å². The van der Waals surface area contributed by atoms with Gasteiger partial charge >= 0.3 is 0 Å². The van der Waals surface area contributed by atoms with Crippen LogP contribution in [0.25, 0.3) is 0 Å². The molecule has 1 aromatic heterocycles. The summed E-state index contributed by atoms with van der Waals surface area (Å²) >= 11 is 1.33. The van der Waals surface area contributed by atoms with Gasteiger partial charge in [0.25, 0.3) is 5.91 Å². The van der Waals surface area contributed by atoms with Gasteiger partial charge in [0.05, 0.1) is 17.0 Å². The van der Waals surface area contributed by atoms with Crippen molar-refractivity contribution in [3.05, 3.63) is 78.6 Å². The molecule has 31 heavy (non-hydrogen) atoms. The summed E-state index contributed by atoms with van der Waals surface area (Å²) in [5.74, 6) is 1.09. The summed E-state index contributed by atoms with van der Waals surface area (Å²) in [5, 5.41) is 14.9. The second-order valence-corrected chi connectivity index (χ2v) is 8.16. The molecule has 0 saturated heterocycles. The van der Waals surface area contributed by atoms with Crippen LogP contribution in [0.2, 0.25) is 0 Å². The Morgan fingerprint density at radius 2 is 1.81 bits per heavy atom. The van der Waals surface area contributed by atoms with E-state index in [0.717, 1.165) is 18.7 Å². The molecule has 0 unspecified atom stereocenters. The van der Waals surface area contributed by atoms with E-state index in [1.807, 2.05) is 34.9 Å². The lowest BCUT2D eigenvalue weighted by Gasteiger charge is -2.11. The van der Waals surface area contributed by atoms with Crippen molar-refractivity contribution in [2.75, 3.05) is 16.4 Å². The highest BCUT2D eigenvalue weighted by molar-refractivity contribution is 7.99. The van der Waals surface area contributed by atoms with Crippen molar-refractivity contribution in [1.82, 2.24) is 14.8 Å². The van der Waals surface area contributed by atoms with Gasteiger partial charge in [-0.2, -0.15) is 0 Å². The van der Waals surface area contributed by atoms with Gasteiger partial charge in [-0.3, -0.25) is 9.59 Å². The monoisotopic (exact) mass is 433 g/mol. The average molecular weight is 434 g/mol. The minimum atomic E-state index is -0.283. The largest absolute Gasteiger partial charge is 0.325 e. The van der Waals surface area contributed by atoms with E-state index in [0.29, 0.717) is 34.6 Å². The topological polar surface area (TPSA) is 88.9 Å². The van der Waals surface area contributed by atoms with Gasteiger partial charge in [-0.25, -0.2) is 0 Å². The second-order valence-electron chi connectivity index (χ2n) is 7.22. The molecule has 1 heterocycles. The molecule has 0 aliphatic heterocycles. The number of nitrogens with zero attached hydrogens (tertiary/aromatic N) is 3. The number of thioether (sulfide) groups is 1. The molecule has 158 valence electrons.